The number of carbonyl (C=O) groups is 1. The van der Waals surface area contributed by atoms with Crippen LogP contribution in [-0.2, 0) is 4.79 Å². The van der Waals surface area contributed by atoms with Crippen LogP contribution in [0.15, 0.2) is 12.1 Å². The maximum absolute atomic E-state index is 10.8. The lowest BCUT2D eigenvalue weighted by Crippen LogP contribution is -2.42. The number of aliphatic carboxylic acids is 1. The SMILES string of the molecule is CNC(c1c(O)cc(O)cc1O)C(N)C(=O)O. The summed E-state index contributed by atoms with van der Waals surface area (Å²) in [6, 6.07) is -0.337. The Hall–Kier alpha value is -1.99. The third-order valence-electron chi connectivity index (χ3n) is 2.39. The van der Waals surface area contributed by atoms with E-state index in [9.17, 15) is 15.0 Å². The number of nitrogens with one attached hydrogen (secondary N) is 1. The molecule has 0 bridgehead atoms. The van der Waals surface area contributed by atoms with Crippen molar-refractivity contribution in [1.82, 2.24) is 5.32 Å². The maximum atomic E-state index is 10.8. The van der Waals surface area contributed by atoms with E-state index in [2.05, 4.69) is 5.32 Å². The molecule has 0 fully saturated rings. The van der Waals surface area contributed by atoms with Gasteiger partial charge in [0, 0.05) is 12.1 Å². The van der Waals surface area contributed by atoms with Crippen LogP contribution in [-0.4, -0.2) is 39.5 Å². The average Bonchev–Trinajstić information content (AvgIpc) is 2.21. The molecule has 7 nitrogen and oxygen atoms in total. The molecule has 0 aliphatic heterocycles. The van der Waals surface area contributed by atoms with Crippen LogP contribution in [0.25, 0.3) is 0 Å². The maximum Gasteiger partial charge on any atom is 0.322 e. The number of benzene rings is 1. The van der Waals surface area contributed by atoms with Gasteiger partial charge in [0.15, 0.2) is 0 Å². The summed E-state index contributed by atoms with van der Waals surface area (Å²) < 4.78 is 0. The Morgan fingerprint density at radius 1 is 1.29 bits per heavy atom. The van der Waals surface area contributed by atoms with Crippen molar-refractivity contribution in [1.29, 1.82) is 0 Å². The highest BCUT2D eigenvalue weighted by atomic mass is 16.4. The third kappa shape index (κ3) is 2.58. The number of phenols is 3. The van der Waals surface area contributed by atoms with Gasteiger partial charge in [0.05, 0.1) is 11.6 Å². The largest absolute Gasteiger partial charge is 0.508 e. The van der Waals surface area contributed by atoms with Crippen molar-refractivity contribution in [3.8, 4) is 17.2 Å². The summed E-state index contributed by atoms with van der Waals surface area (Å²) in [6.07, 6.45) is 0. The minimum Gasteiger partial charge on any atom is -0.508 e. The summed E-state index contributed by atoms with van der Waals surface area (Å²) >= 11 is 0. The minimum atomic E-state index is -1.35. The third-order valence-corrected chi connectivity index (χ3v) is 2.39. The number of phenolic OH excluding ortho intramolecular Hbond substituents is 3. The summed E-state index contributed by atoms with van der Waals surface area (Å²) in [5.41, 5.74) is 5.36. The fourth-order valence-electron chi connectivity index (χ4n) is 1.57. The fourth-order valence-corrected chi connectivity index (χ4v) is 1.57. The summed E-state index contributed by atoms with van der Waals surface area (Å²) in [5.74, 6) is -2.48. The lowest BCUT2D eigenvalue weighted by molar-refractivity contribution is -0.139. The van der Waals surface area contributed by atoms with E-state index >= 15 is 0 Å². The predicted molar refractivity (Wildman–Crippen MR) is 58.8 cm³/mol. The van der Waals surface area contributed by atoms with Gasteiger partial charge >= 0.3 is 5.97 Å². The van der Waals surface area contributed by atoms with Crippen LogP contribution in [0.1, 0.15) is 11.6 Å². The zero-order valence-electron chi connectivity index (χ0n) is 9.08. The molecule has 0 spiro atoms. The van der Waals surface area contributed by atoms with Gasteiger partial charge in [-0.3, -0.25) is 4.79 Å². The molecule has 7 N–H and O–H groups in total. The monoisotopic (exact) mass is 242 g/mol. The molecule has 2 atom stereocenters. The van der Waals surface area contributed by atoms with Crippen molar-refractivity contribution >= 4 is 5.97 Å². The summed E-state index contributed by atoms with van der Waals surface area (Å²) in [7, 11) is 1.44. The molecule has 1 rings (SSSR count). The number of carboxylic acids is 1. The fraction of sp³-hybridized carbons (Fsp3) is 0.300. The Labute approximate surface area is 97.1 Å². The molecule has 0 amide bonds. The van der Waals surface area contributed by atoms with Crippen molar-refractivity contribution in [3.05, 3.63) is 17.7 Å². The van der Waals surface area contributed by atoms with Crippen LogP contribution in [0, 0.1) is 0 Å². The molecule has 0 aliphatic rings. The standard InChI is InChI=1S/C10H14N2O5/c1-12-9(8(11)10(16)17)7-5(14)2-4(13)3-6(7)15/h2-3,8-9,12-15H,11H2,1H3,(H,16,17). The molecule has 0 saturated carbocycles. The van der Waals surface area contributed by atoms with E-state index in [1.165, 1.54) is 7.05 Å². The molecular formula is C10H14N2O5. The van der Waals surface area contributed by atoms with Crippen molar-refractivity contribution in [2.24, 2.45) is 5.73 Å². The average molecular weight is 242 g/mol. The van der Waals surface area contributed by atoms with Crippen molar-refractivity contribution in [2.75, 3.05) is 7.05 Å². The number of hydrogen-bond donors (Lipinski definition) is 6. The Balaban J connectivity index is 3.25. The van der Waals surface area contributed by atoms with Crippen LogP contribution in [0.4, 0.5) is 0 Å². The van der Waals surface area contributed by atoms with Crippen molar-refractivity contribution < 1.29 is 25.2 Å². The topological polar surface area (TPSA) is 136 Å². The van der Waals surface area contributed by atoms with Gasteiger partial charge in [0.1, 0.15) is 23.3 Å². The summed E-state index contributed by atoms with van der Waals surface area (Å²) in [5, 5.41) is 39.7. The molecule has 0 heterocycles. The summed E-state index contributed by atoms with van der Waals surface area (Å²) in [6.45, 7) is 0. The molecule has 0 saturated heterocycles. The zero-order valence-corrected chi connectivity index (χ0v) is 9.08. The number of hydrogen-bond acceptors (Lipinski definition) is 6. The molecule has 2 unspecified atom stereocenters. The van der Waals surface area contributed by atoms with Gasteiger partial charge in [-0.15, -0.1) is 0 Å². The summed E-state index contributed by atoms with van der Waals surface area (Å²) in [4.78, 5) is 10.8. The van der Waals surface area contributed by atoms with Gasteiger partial charge in [0.25, 0.3) is 0 Å². The second-order valence-electron chi connectivity index (χ2n) is 3.53. The van der Waals surface area contributed by atoms with Crippen LogP contribution in [0.3, 0.4) is 0 Å². The van der Waals surface area contributed by atoms with E-state index < -0.39 is 29.6 Å². The highest BCUT2D eigenvalue weighted by Gasteiger charge is 2.29. The number of nitrogens with two attached hydrogens (primary N) is 1. The van der Waals surface area contributed by atoms with Crippen LogP contribution < -0.4 is 11.1 Å². The van der Waals surface area contributed by atoms with Gasteiger partial charge in [-0.05, 0) is 7.05 Å². The van der Waals surface area contributed by atoms with Gasteiger partial charge in [-0.1, -0.05) is 0 Å². The lowest BCUT2D eigenvalue weighted by Gasteiger charge is -2.22. The molecule has 0 aliphatic carbocycles. The van der Waals surface area contributed by atoms with E-state index in [0.29, 0.717) is 0 Å². The molecule has 17 heavy (non-hydrogen) atoms. The number of likely N-dealkylation sites (N-methyl/N-ethyl adjacent to an activating group) is 1. The van der Waals surface area contributed by atoms with E-state index in [1.54, 1.807) is 0 Å². The number of rotatable bonds is 4. The second-order valence-corrected chi connectivity index (χ2v) is 3.53. The van der Waals surface area contributed by atoms with Gasteiger partial charge in [-0.2, -0.15) is 0 Å². The minimum absolute atomic E-state index is 0.0693. The van der Waals surface area contributed by atoms with E-state index in [-0.39, 0.29) is 11.3 Å². The molecule has 7 heteroatoms. The van der Waals surface area contributed by atoms with E-state index in [0.717, 1.165) is 12.1 Å². The van der Waals surface area contributed by atoms with Crippen molar-refractivity contribution in [3.63, 3.8) is 0 Å². The predicted octanol–water partition coefficient (Wildman–Crippen LogP) is -0.524. The number of aromatic hydroxyl groups is 3. The van der Waals surface area contributed by atoms with E-state index in [4.69, 9.17) is 15.9 Å². The highest BCUT2D eigenvalue weighted by Crippen LogP contribution is 2.37. The van der Waals surface area contributed by atoms with Crippen LogP contribution >= 0.6 is 0 Å². The number of carboxylic acid groups (broad SMARTS) is 1. The zero-order chi connectivity index (χ0) is 13.2. The molecule has 0 aromatic heterocycles. The second kappa shape index (κ2) is 4.89. The molecule has 1 aromatic carbocycles. The first-order chi connectivity index (χ1) is 7.88. The highest BCUT2D eigenvalue weighted by molar-refractivity contribution is 5.75. The van der Waals surface area contributed by atoms with Gasteiger partial charge in [-0.25, -0.2) is 0 Å². The van der Waals surface area contributed by atoms with E-state index in [1.807, 2.05) is 0 Å². The molecule has 94 valence electrons. The first kappa shape index (κ1) is 13.1. The van der Waals surface area contributed by atoms with Gasteiger partial charge in [0.2, 0.25) is 0 Å². The quantitative estimate of drug-likeness (QED) is 0.418. The van der Waals surface area contributed by atoms with Crippen molar-refractivity contribution in [2.45, 2.75) is 12.1 Å². The molecular weight excluding hydrogens is 228 g/mol. The van der Waals surface area contributed by atoms with Crippen LogP contribution in [0.5, 0.6) is 17.2 Å². The van der Waals surface area contributed by atoms with Gasteiger partial charge < -0.3 is 31.5 Å². The van der Waals surface area contributed by atoms with Crippen LogP contribution in [0.2, 0.25) is 0 Å². The molecule has 1 aromatic rings. The molecule has 0 radical (unpaired) electrons. The first-order valence-corrected chi connectivity index (χ1v) is 4.79. The Bertz CT molecular complexity index is 412. The smallest absolute Gasteiger partial charge is 0.322 e. The Morgan fingerprint density at radius 2 is 1.76 bits per heavy atom. The Morgan fingerprint density at radius 3 is 2.12 bits per heavy atom. The lowest BCUT2D eigenvalue weighted by atomic mass is 9.98. The Kier molecular flexibility index (Phi) is 3.77. The first-order valence-electron chi connectivity index (χ1n) is 4.79. The normalized spacial score (nSPS) is 14.2.